The van der Waals surface area contributed by atoms with Gasteiger partial charge in [0.15, 0.2) is 0 Å². The number of amides is 2. The molecule has 6 nitrogen and oxygen atoms in total. The molecule has 3 fully saturated rings. The van der Waals surface area contributed by atoms with Crippen molar-refractivity contribution in [3.8, 4) is 0 Å². The number of likely N-dealkylation sites (tertiary alicyclic amines) is 2. The van der Waals surface area contributed by atoms with E-state index in [0.717, 1.165) is 58.3 Å². The van der Waals surface area contributed by atoms with Crippen LogP contribution in [-0.2, 0) is 19.1 Å². The highest BCUT2D eigenvalue weighted by Crippen LogP contribution is 2.39. The molecule has 0 aromatic carbocycles. The predicted octanol–water partition coefficient (Wildman–Crippen LogP) is 1.04. The second-order valence-electron chi connectivity index (χ2n) is 7.28. The second-order valence-corrected chi connectivity index (χ2v) is 7.28. The van der Waals surface area contributed by atoms with E-state index >= 15 is 0 Å². The van der Waals surface area contributed by atoms with Crippen molar-refractivity contribution in [3.05, 3.63) is 0 Å². The lowest BCUT2D eigenvalue weighted by atomic mass is 9.72. The van der Waals surface area contributed by atoms with Crippen LogP contribution in [0.5, 0.6) is 0 Å². The molecule has 1 unspecified atom stereocenters. The minimum atomic E-state index is 0.0816. The van der Waals surface area contributed by atoms with Crippen molar-refractivity contribution in [3.63, 3.8) is 0 Å². The molecule has 6 heteroatoms. The molecule has 3 aliphatic heterocycles. The molecule has 3 aliphatic rings. The van der Waals surface area contributed by atoms with Gasteiger partial charge in [-0.05, 0) is 37.5 Å². The molecule has 2 amide bonds. The van der Waals surface area contributed by atoms with Crippen molar-refractivity contribution in [2.24, 2.45) is 5.41 Å². The van der Waals surface area contributed by atoms with Gasteiger partial charge in [0.2, 0.25) is 11.8 Å². The van der Waals surface area contributed by atoms with Gasteiger partial charge in [0.05, 0.1) is 12.7 Å². The third kappa shape index (κ3) is 4.04. The van der Waals surface area contributed by atoms with E-state index in [1.165, 1.54) is 0 Å². The zero-order valence-electron chi connectivity index (χ0n) is 14.1. The van der Waals surface area contributed by atoms with Crippen molar-refractivity contribution in [2.75, 3.05) is 46.5 Å². The number of piperidine rings is 2. The molecule has 0 bridgehead atoms. The normalized spacial score (nSPS) is 27.7. The van der Waals surface area contributed by atoms with Gasteiger partial charge in [-0.3, -0.25) is 9.59 Å². The summed E-state index contributed by atoms with van der Waals surface area (Å²) >= 11 is 0. The lowest BCUT2D eigenvalue weighted by Crippen LogP contribution is -2.51. The fraction of sp³-hybridized carbons (Fsp3) is 0.882. The van der Waals surface area contributed by atoms with Gasteiger partial charge in [-0.25, -0.2) is 0 Å². The summed E-state index contributed by atoms with van der Waals surface area (Å²) in [7, 11) is 1.89. The number of ether oxygens (including phenoxy) is 2. The van der Waals surface area contributed by atoms with Crippen molar-refractivity contribution >= 4 is 11.8 Å². The van der Waals surface area contributed by atoms with Gasteiger partial charge in [-0.1, -0.05) is 0 Å². The van der Waals surface area contributed by atoms with Gasteiger partial charge >= 0.3 is 0 Å². The van der Waals surface area contributed by atoms with E-state index in [4.69, 9.17) is 9.47 Å². The number of nitrogens with zero attached hydrogens (tertiary/aromatic N) is 2. The first-order chi connectivity index (χ1) is 11.1. The summed E-state index contributed by atoms with van der Waals surface area (Å²) in [6.07, 6.45) is 5.88. The summed E-state index contributed by atoms with van der Waals surface area (Å²) in [5, 5.41) is 0. The predicted molar refractivity (Wildman–Crippen MR) is 84.9 cm³/mol. The van der Waals surface area contributed by atoms with Gasteiger partial charge in [0, 0.05) is 39.7 Å². The molecule has 0 aromatic rings. The Hall–Kier alpha value is -1.14. The maximum absolute atomic E-state index is 12.3. The molecule has 3 saturated heterocycles. The van der Waals surface area contributed by atoms with Crippen LogP contribution < -0.4 is 0 Å². The first-order valence-electron chi connectivity index (χ1n) is 8.79. The fourth-order valence-corrected chi connectivity index (χ4v) is 4.02. The maximum atomic E-state index is 12.3. The molecule has 0 aromatic heterocycles. The fourth-order valence-electron chi connectivity index (χ4n) is 4.02. The zero-order valence-corrected chi connectivity index (χ0v) is 14.1. The van der Waals surface area contributed by atoms with E-state index in [1.807, 2.05) is 16.8 Å². The summed E-state index contributed by atoms with van der Waals surface area (Å²) < 4.78 is 11.0. The van der Waals surface area contributed by atoms with E-state index in [2.05, 4.69) is 0 Å². The van der Waals surface area contributed by atoms with Crippen LogP contribution in [0.25, 0.3) is 0 Å². The Bertz CT molecular complexity index is 440. The average molecular weight is 324 g/mol. The topological polar surface area (TPSA) is 59.1 Å². The van der Waals surface area contributed by atoms with Crippen molar-refractivity contribution < 1.29 is 19.1 Å². The first kappa shape index (κ1) is 16.7. The summed E-state index contributed by atoms with van der Waals surface area (Å²) in [5.41, 5.74) is 0.220. The number of rotatable bonds is 4. The van der Waals surface area contributed by atoms with Crippen molar-refractivity contribution in [1.29, 1.82) is 0 Å². The summed E-state index contributed by atoms with van der Waals surface area (Å²) in [4.78, 5) is 27.7. The molecular weight excluding hydrogens is 296 g/mol. The highest BCUT2D eigenvalue weighted by molar-refractivity contribution is 5.78. The van der Waals surface area contributed by atoms with Crippen LogP contribution in [0, 0.1) is 5.41 Å². The van der Waals surface area contributed by atoms with Crippen LogP contribution in [0.4, 0.5) is 0 Å². The third-order valence-electron chi connectivity index (χ3n) is 5.60. The second kappa shape index (κ2) is 7.18. The summed E-state index contributed by atoms with van der Waals surface area (Å²) in [6, 6.07) is 0. The molecule has 0 aliphatic carbocycles. The van der Waals surface area contributed by atoms with E-state index in [-0.39, 0.29) is 29.9 Å². The summed E-state index contributed by atoms with van der Waals surface area (Å²) in [5.74, 6) is 0.328. The Labute approximate surface area is 138 Å². The van der Waals surface area contributed by atoms with Crippen molar-refractivity contribution in [1.82, 2.24) is 9.80 Å². The largest absolute Gasteiger partial charge is 0.376 e. The Morgan fingerprint density at radius 2 is 2.13 bits per heavy atom. The van der Waals surface area contributed by atoms with Gasteiger partial charge in [0.1, 0.15) is 6.61 Å². The number of hydrogen-bond acceptors (Lipinski definition) is 4. The van der Waals surface area contributed by atoms with Crippen LogP contribution in [0.3, 0.4) is 0 Å². The van der Waals surface area contributed by atoms with E-state index in [0.29, 0.717) is 13.0 Å². The Morgan fingerprint density at radius 3 is 2.78 bits per heavy atom. The number of hydrogen-bond donors (Lipinski definition) is 0. The molecule has 0 N–H and O–H groups in total. The van der Waals surface area contributed by atoms with Crippen LogP contribution >= 0.6 is 0 Å². The summed E-state index contributed by atoms with van der Waals surface area (Å²) in [6.45, 7) is 3.90. The lowest BCUT2D eigenvalue weighted by molar-refractivity contribution is -0.144. The monoisotopic (exact) mass is 324 g/mol. The SMILES string of the molecule is CN1CC2(CCC1=O)CCN(C(=O)COCC1CCCO1)CC2. The molecule has 23 heavy (non-hydrogen) atoms. The van der Waals surface area contributed by atoms with Crippen LogP contribution in [-0.4, -0.2) is 74.2 Å². The quantitative estimate of drug-likeness (QED) is 0.775. The van der Waals surface area contributed by atoms with Crippen molar-refractivity contribution in [2.45, 2.75) is 44.6 Å². The minimum Gasteiger partial charge on any atom is -0.376 e. The molecule has 3 rings (SSSR count). The molecule has 0 radical (unpaired) electrons. The molecule has 130 valence electrons. The average Bonchev–Trinajstić information content (AvgIpc) is 3.05. The van der Waals surface area contributed by atoms with Crippen LogP contribution in [0.15, 0.2) is 0 Å². The maximum Gasteiger partial charge on any atom is 0.248 e. The smallest absolute Gasteiger partial charge is 0.248 e. The van der Waals surface area contributed by atoms with Gasteiger partial charge in [0.25, 0.3) is 0 Å². The van der Waals surface area contributed by atoms with Gasteiger partial charge in [-0.15, -0.1) is 0 Å². The molecule has 0 saturated carbocycles. The minimum absolute atomic E-state index is 0.0816. The molecule has 1 atom stereocenters. The Kier molecular flexibility index (Phi) is 5.21. The number of carbonyl (C=O) groups is 2. The molecular formula is C17H28N2O4. The zero-order chi connectivity index (χ0) is 16.3. The number of carbonyl (C=O) groups excluding carboxylic acids is 2. The Balaban J connectivity index is 1.39. The van der Waals surface area contributed by atoms with Crippen LogP contribution in [0.1, 0.15) is 38.5 Å². The third-order valence-corrected chi connectivity index (χ3v) is 5.60. The Morgan fingerprint density at radius 1 is 1.35 bits per heavy atom. The van der Waals surface area contributed by atoms with E-state index in [1.54, 1.807) is 0 Å². The van der Waals surface area contributed by atoms with E-state index in [9.17, 15) is 9.59 Å². The van der Waals surface area contributed by atoms with Gasteiger partial charge in [-0.2, -0.15) is 0 Å². The van der Waals surface area contributed by atoms with Crippen LogP contribution in [0.2, 0.25) is 0 Å². The highest BCUT2D eigenvalue weighted by Gasteiger charge is 2.40. The standard InChI is InChI=1S/C17H28N2O4/c1-18-13-17(5-4-15(18)20)6-8-19(9-7-17)16(21)12-22-11-14-3-2-10-23-14/h14H,2-13H2,1H3. The van der Waals surface area contributed by atoms with E-state index < -0.39 is 0 Å². The van der Waals surface area contributed by atoms with Gasteiger partial charge < -0.3 is 19.3 Å². The highest BCUT2D eigenvalue weighted by atomic mass is 16.5. The first-order valence-corrected chi connectivity index (χ1v) is 8.79. The molecule has 1 spiro atoms. The lowest BCUT2D eigenvalue weighted by Gasteiger charge is -2.46. The molecule has 3 heterocycles.